The molecule has 12 nitrogen and oxygen atoms in total. The predicted octanol–water partition coefficient (Wildman–Crippen LogP) is 0.0808. The molecule has 1 aromatic heterocycles. The van der Waals surface area contributed by atoms with Crippen LogP contribution in [-0.4, -0.2) is 65.1 Å². The van der Waals surface area contributed by atoms with Crippen LogP contribution in [0.2, 0.25) is 0 Å². The van der Waals surface area contributed by atoms with Gasteiger partial charge in [-0.15, -0.1) is 13.1 Å². The van der Waals surface area contributed by atoms with E-state index in [1.165, 1.54) is 6.33 Å². The molecule has 14 heteroatoms. The molecule has 0 aliphatic heterocycles. The number of rotatable bonds is 6. The van der Waals surface area contributed by atoms with Gasteiger partial charge < -0.3 is 51.9 Å². The molecule has 0 aliphatic rings. The molecule has 0 unspecified atom stereocenters. The second-order valence-electron chi connectivity index (χ2n) is 3.27. The third-order valence-electron chi connectivity index (χ3n) is 1.46. The van der Waals surface area contributed by atoms with Crippen molar-refractivity contribution in [1.82, 2.24) is 9.97 Å². The number of imidazole rings is 1. The largest absolute Gasteiger partial charge is 1.00 e. The Hall–Kier alpha value is -1.95. The Morgan fingerprint density at radius 3 is 1.52 bits per heavy atom. The van der Waals surface area contributed by atoms with Crippen molar-refractivity contribution in [1.29, 1.82) is 0 Å². The van der Waals surface area contributed by atoms with Gasteiger partial charge in [0.1, 0.15) is 0 Å². The predicted molar refractivity (Wildman–Crippen MR) is 77.7 cm³/mol. The van der Waals surface area contributed by atoms with E-state index >= 15 is 0 Å². The molecule has 0 bridgehead atoms. The number of hydrogen-bond acceptors (Lipinski definition) is 5. The molecule has 1 radical (unpaired) electrons. The van der Waals surface area contributed by atoms with Crippen LogP contribution in [0, 0.1) is 0 Å². The van der Waals surface area contributed by atoms with Crippen molar-refractivity contribution in [2.75, 3.05) is 26.2 Å². The molecule has 2 amide bonds. The van der Waals surface area contributed by atoms with Crippen LogP contribution in [-0.2, 0) is 53.3 Å². The van der Waals surface area contributed by atoms with Crippen LogP contribution in [0.3, 0.4) is 0 Å². The molecule has 0 fully saturated rings. The number of aliphatic carboxylic acids is 2. The number of nitrogens with one attached hydrogen (secondary N) is 2. The van der Waals surface area contributed by atoms with E-state index in [1.807, 2.05) is 0 Å². The molecular weight excluding hydrogens is 439 g/mol. The van der Waals surface area contributed by atoms with E-state index in [4.69, 9.17) is 21.7 Å². The summed E-state index contributed by atoms with van der Waals surface area (Å²) in [5.41, 5.74) is 12.8. The average Bonchev–Trinajstić information content (AvgIpc) is 3.10. The van der Waals surface area contributed by atoms with Crippen molar-refractivity contribution in [3.05, 3.63) is 40.8 Å². The Morgan fingerprint density at radius 2 is 1.36 bits per heavy atom. The summed E-state index contributed by atoms with van der Waals surface area (Å²) in [6.07, 6.45) is 4.78. The first-order valence-corrected chi connectivity index (χ1v) is 5.83. The Bertz CT molecular complexity index is 426. The fraction of sp³-hybridized carbons (Fsp3) is 0.364. The number of nitrogens with zero attached hydrogens (tertiary/aromatic N) is 4. The van der Waals surface area contributed by atoms with Gasteiger partial charge in [-0.1, -0.05) is 18.7 Å². The van der Waals surface area contributed by atoms with E-state index < -0.39 is 49.9 Å². The van der Waals surface area contributed by atoms with Gasteiger partial charge in [-0.2, -0.15) is 0 Å². The van der Waals surface area contributed by atoms with Crippen LogP contribution in [0.1, 0.15) is 0 Å². The van der Waals surface area contributed by atoms with Gasteiger partial charge in [0.25, 0.3) is 11.9 Å². The van der Waals surface area contributed by atoms with Crippen LogP contribution < -0.4 is 4.98 Å². The molecule has 0 saturated heterocycles. The second-order valence-corrected chi connectivity index (χ2v) is 3.27. The molecule has 0 spiro atoms. The molecule has 1 rings (SSSR count). The van der Waals surface area contributed by atoms with E-state index in [1.54, 1.807) is 12.4 Å². The fourth-order valence-corrected chi connectivity index (χ4v) is 0.616. The van der Waals surface area contributed by atoms with E-state index in [0.717, 1.165) is 0 Å². The van der Waals surface area contributed by atoms with Gasteiger partial charge in [-0.05, 0) is 13.1 Å². The number of carboxylic acid groups (broad SMARTS) is 2. The van der Waals surface area contributed by atoms with Crippen molar-refractivity contribution in [3.8, 4) is 0 Å². The van der Waals surface area contributed by atoms with Crippen LogP contribution in [0.25, 0.3) is 22.1 Å². The van der Waals surface area contributed by atoms with E-state index in [-0.39, 0.29) is 34.1 Å². The van der Waals surface area contributed by atoms with E-state index in [2.05, 4.69) is 20.6 Å². The zero-order valence-corrected chi connectivity index (χ0v) is 14.4. The molecule has 1 heterocycles. The molecule has 0 saturated carbocycles. The van der Waals surface area contributed by atoms with Gasteiger partial charge in [0, 0.05) is 28.9 Å². The van der Waals surface area contributed by atoms with Crippen LogP contribution in [0.5, 0.6) is 0 Å². The number of amides is 2. The van der Waals surface area contributed by atoms with Crippen LogP contribution >= 0.6 is 0 Å². The van der Waals surface area contributed by atoms with Crippen molar-refractivity contribution >= 4 is 23.8 Å². The molecule has 151 valence electrons. The second kappa shape index (κ2) is 22.0. The summed E-state index contributed by atoms with van der Waals surface area (Å²) in [6, 6.07) is 0. The summed E-state index contributed by atoms with van der Waals surface area (Å²) in [5.74, 6) is -3.71. The quantitative estimate of drug-likeness (QED) is 0.560. The standard InChI is InChI=1S/2C4H7N2O3.C3H3N2.2Cu/c2*5-1-3(7)6-2-4(8)9;1-2-5-3-4-1;;/h2*5H,1-2H2,(H2,6,7,8,9);1-3H;;/q3*-1;;+1/p-2. The molecule has 0 atom stereocenters. The van der Waals surface area contributed by atoms with Gasteiger partial charge in [0.15, 0.2) is 0 Å². The first-order chi connectivity index (χ1) is 10.8. The zero-order valence-electron chi connectivity index (χ0n) is 12.5. The number of aromatic nitrogens is 2. The van der Waals surface area contributed by atoms with Gasteiger partial charge in [-0.25, -0.2) is 0 Å². The van der Waals surface area contributed by atoms with Crippen LogP contribution in [0.4, 0.5) is 0 Å². The van der Waals surface area contributed by atoms with Crippen molar-refractivity contribution in [2.45, 2.75) is 0 Å². The number of hydrogen-bond donors (Lipinski definition) is 2. The minimum atomic E-state index is -1.16. The van der Waals surface area contributed by atoms with Gasteiger partial charge in [0.2, 0.25) is 0 Å². The average molecular weight is 454 g/mol. The minimum Gasteiger partial charge on any atom is -0.673 e. The first-order valence-electron chi connectivity index (χ1n) is 5.83. The summed E-state index contributed by atoms with van der Waals surface area (Å²) < 4.78 is 0. The van der Waals surface area contributed by atoms with E-state index in [0.29, 0.717) is 0 Å². The SMILES string of the molecule is [Cu+].[Cu].[NH-]CC(=O)[N-]CC(=O)O.[NH-]CC(=O)[N-]CC(=O)O.c1c[n-]cn1. The summed E-state index contributed by atoms with van der Waals surface area (Å²) >= 11 is 0. The maximum Gasteiger partial charge on any atom is 1.00 e. The van der Waals surface area contributed by atoms with Gasteiger partial charge in [-0.3, -0.25) is 9.59 Å². The normalized spacial score (nSPS) is 7.76. The zero-order chi connectivity index (χ0) is 18.1. The van der Waals surface area contributed by atoms with Gasteiger partial charge in [0.05, 0.1) is 0 Å². The van der Waals surface area contributed by atoms with Crippen molar-refractivity contribution < 1.29 is 63.5 Å². The molecular formula is C11H15Cu2N6O6-4. The third-order valence-corrected chi connectivity index (χ3v) is 1.46. The summed E-state index contributed by atoms with van der Waals surface area (Å²) in [4.78, 5) is 46.8. The number of carbonyl (C=O) groups excluding carboxylic acids is 2. The van der Waals surface area contributed by atoms with Gasteiger partial charge >= 0.3 is 17.1 Å². The molecule has 4 N–H and O–H groups in total. The van der Waals surface area contributed by atoms with Crippen molar-refractivity contribution in [2.24, 2.45) is 0 Å². The Kier molecular flexibility index (Phi) is 27.2. The van der Waals surface area contributed by atoms with E-state index in [9.17, 15) is 19.2 Å². The number of carbonyl (C=O) groups is 4. The molecule has 0 aromatic carbocycles. The van der Waals surface area contributed by atoms with Crippen LogP contribution in [0.15, 0.2) is 18.7 Å². The minimum absolute atomic E-state index is 0. The topological polar surface area (TPSA) is 212 Å². The Balaban J connectivity index is -0.000000131. The molecule has 25 heavy (non-hydrogen) atoms. The fourth-order valence-electron chi connectivity index (χ4n) is 0.616. The first kappa shape index (κ1) is 30.9. The third kappa shape index (κ3) is 30.5. The Labute approximate surface area is 164 Å². The smallest absolute Gasteiger partial charge is 0.673 e. The molecule has 0 aliphatic carbocycles. The number of carboxylic acids is 2. The monoisotopic (exact) mass is 453 g/mol. The maximum absolute atomic E-state index is 10.1. The van der Waals surface area contributed by atoms with Crippen molar-refractivity contribution in [3.63, 3.8) is 0 Å². The summed E-state index contributed by atoms with van der Waals surface area (Å²) in [6.45, 7) is -2.02. The maximum atomic E-state index is 10.1. The Morgan fingerprint density at radius 1 is 0.960 bits per heavy atom. The summed E-state index contributed by atoms with van der Waals surface area (Å²) in [5, 5.41) is 21.9. The molecule has 1 aromatic rings. The summed E-state index contributed by atoms with van der Waals surface area (Å²) in [7, 11) is 0.